The normalized spacial score (nSPS) is 18.5. The van der Waals surface area contributed by atoms with Crippen LogP contribution in [0.25, 0.3) is 0 Å². The molecule has 1 aromatic rings. The van der Waals surface area contributed by atoms with Crippen LogP contribution in [0.15, 0.2) is 29.2 Å². The number of sulfone groups is 1. The van der Waals surface area contributed by atoms with Gasteiger partial charge in [0.2, 0.25) is 0 Å². The largest absolute Gasteiger partial charge is 0.385 e. The fourth-order valence-electron chi connectivity index (χ4n) is 1.73. The van der Waals surface area contributed by atoms with Crippen LogP contribution in [0.2, 0.25) is 0 Å². The van der Waals surface area contributed by atoms with Crippen LogP contribution in [0.3, 0.4) is 0 Å². The summed E-state index contributed by atoms with van der Waals surface area (Å²) in [6, 6.07) is 6.70. The van der Waals surface area contributed by atoms with Gasteiger partial charge in [0.15, 0.2) is 9.84 Å². The molecule has 3 N–H and O–H groups in total. The first-order valence-electron chi connectivity index (χ1n) is 5.37. The molecular weight excluding hydrogens is 240 g/mol. The molecule has 0 spiro atoms. The Morgan fingerprint density at radius 1 is 1.41 bits per heavy atom. The van der Waals surface area contributed by atoms with Crippen molar-refractivity contribution in [3.05, 3.63) is 24.3 Å². The third kappa shape index (κ3) is 2.77. The maximum Gasteiger partial charge on any atom is 0.177 e. The summed E-state index contributed by atoms with van der Waals surface area (Å²) >= 11 is 0. The number of hydrogen-bond donors (Lipinski definition) is 3. The lowest BCUT2D eigenvalue weighted by Gasteiger charge is -2.38. The summed E-state index contributed by atoms with van der Waals surface area (Å²) in [4.78, 5) is 0.260. The number of benzene rings is 1. The monoisotopic (exact) mass is 256 g/mol. The first-order valence-corrected chi connectivity index (χ1v) is 7.26. The third-order valence-corrected chi connectivity index (χ3v) is 3.96. The minimum absolute atomic E-state index is 0.260. The lowest BCUT2D eigenvalue weighted by molar-refractivity contribution is 0.00308. The highest BCUT2D eigenvalue weighted by atomic mass is 32.2. The number of hydrogen-bond acceptors (Lipinski definition) is 5. The van der Waals surface area contributed by atoms with E-state index in [1.807, 2.05) is 0 Å². The lowest BCUT2D eigenvalue weighted by atomic mass is 9.97. The van der Waals surface area contributed by atoms with Gasteiger partial charge in [-0.25, -0.2) is 8.42 Å². The topological polar surface area (TPSA) is 78.4 Å². The molecule has 5 nitrogen and oxygen atoms in total. The van der Waals surface area contributed by atoms with E-state index in [1.165, 1.54) is 6.26 Å². The molecule has 2 rings (SSSR count). The van der Waals surface area contributed by atoms with Gasteiger partial charge in [-0.15, -0.1) is 0 Å². The molecule has 0 radical (unpaired) electrons. The molecule has 0 saturated carbocycles. The van der Waals surface area contributed by atoms with Crippen LogP contribution in [0, 0.1) is 0 Å². The summed E-state index contributed by atoms with van der Waals surface area (Å²) in [5.74, 6) is 0. The van der Waals surface area contributed by atoms with Gasteiger partial charge in [-0.2, -0.15) is 0 Å². The Balaban J connectivity index is 2.16. The Hall–Kier alpha value is -1.11. The van der Waals surface area contributed by atoms with Crippen molar-refractivity contribution in [2.45, 2.75) is 10.5 Å². The maximum absolute atomic E-state index is 11.5. The zero-order valence-corrected chi connectivity index (χ0v) is 10.4. The molecule has 1 heterocycles. The van der Waals surface area contributed by atoms with Crippen molar-refractivity contribution in [2.24, 2.45) is 0 Å². The fourth-order valence-corrected chi connectivity index (χ4v) is 2.60. The van der Waals surface area contributed by atoms with Gasteiger partial charge in [0.05, 0.1) is 10.6 Å². The van der Waals surface area contributed by atoms with Crippen LogP contribution in [0.5, 0.6) is 0 Å². The second-order valence-corrected chi connectivity index (χ2v) is 6.43. The number of para-hydroxylation sites is 1. The van der Waals surface area contributed by atoms with Crippen molar-refractivity contribution < 1.29 is 13.5 Å². The molecule has 0 aliphatic carbocycles. The molecule has 0 bridgehead atoms. The van der Waals surface area contributed by atoms with E-state index in [1.54, 1.807) is 24.3 Å². The van der Waals surface area contributed by atoms with Crippen LogP contribution in [-0.4, -0.2) is 45.0 Å². The zero-order valence-electron chi connectivity index (χ0n) is 9.60. The highest BCUT2D eigenvalue weighted by Crippen LogP contribution is 2.21. The molecule has 6 heteroatoms. The van der Waals surface area contributed by atoms with Gasteiger partial charge >= 0.3 is 0 Å². The lowest BCUT2D eigenvalue weighted by Crippen LogP contribution is -2.63. The van der Waals surface area contributed by atoms with Crippen molar-refractivity contribution in [1.29, 1.82) is 0 Å². The molecule has 1 aliphatic rings. The third-order valence-electron chi connectivity index (χ3n) is 2.80. The summed E-state index contributed by atoms with van der Waals surface area (Å²) in [7, 11) is -3.25. The zero-order chi connectivity index (χ0) is 12.5. The van der Waals surface area contributed by atoms with Crippen LogP contribution in [-0.2, 0) is 9.84 Å². The minimum Gasteiger partial charge on any atom is -0.385 e. The van der Waals surface area contributed by atoms with Crippen molar-refractivity contribution in [2.75, 3.05) is 31.2 Å². The number of anilines is 1. The molecule has 17 heavy (non-hydrogen) atoms. The Kier molecular flexibility index (Phi) is 3.11. The standard InChI is InChI=1S/C11H16N2O3S/c1-17(15,16)10-5-3-2-4-9(10)13-8-11(14)6-12-7-11/h2-5,12-14H,6-8H2,1H3. The van der Waals surface area contributed by atoms with E-state index in [9.17, 15) is 13.5 Å². The molecule has 1 saturated heterocycles. The molecule has 1 aromatic carbocycles. The molecule has 1 fully saturated rings. The Morgan fingerprint density at radius 3 is 2.59 bits per heavy atom. The number of aliphatic hydroxyl groups is 1. The SMILES string of the molecule is CS(=O)(=O)c1ccccc1NCC1(O)CNC1. The van der Waals surface area contributed by atoms with Gasteiger partial charge in [0.1, 0.15) is 5.60 Å². The molecule has 94 valence electrons. The van der Waals surface area contributed by atoms with E-state index >= 15 is 0 Å². The highest BCUT2D eigenvalue weighted by molar-refractivity contribution is 7.90. The number of nitrogens with one attached hydrogen (secondary N) is 2. The molecule has 0 amide bonds. The minimum atomic E-state index is -3.25. The van der Waals surface area contributed by atoms with E-state index in [2.05, 4.69) is 10.6 Å². The first-order chi connectivity index (χ1) is 7.91. The van der Waals surface area contributed by atoms with Crippen molar-refractivity contribution in [3.63, 3.8) is 0 Å². The van der Waals surface area contributed by atoms with Crippen LogP contribution in [0.4, 0.5) is 5.69 Å². The van der Waals surface area contributed by atoms with Crippen molar-refractivity contribution in [3.8, 4) is 0 Å². The predicted molar refractivity (Wildman–Crippen MR) is 65.9 cm³/mol. The van der Waals surface area contributed by atoms with Crippen LogP contribution in [0.1, 0.15) is 0 Å². The Labute approximate surface area is 101 Å². The fraction of sp³-hybridized carbons (Fsp3) is 0.455. The second kappa shape index (κ2) is 4.29. The summed E-state index contributed by atoms with van der Waals surface area (Å²) in [6.45, 7) is 1.40. The average molecular weight is 256 g/mol. The van der Waals surface area contributed by atoms with Gasteiger partial charge in [0.25, 0.3) is 0 Å². The van der Waals surface area contributed by atoms with Gasteiger partial charge in [-0.05, 0) is 12.1 Å². The van der Waals surface area contributed by atoms with Gasteiger partial charge in [-0.3, -0.25) is 0 Å². The quantitative estimate of drug-likeness (QED) is 0.697. The average Bonchev–Trinajstić information content (AvgIpc) is 2.23. The summed E-state index contributed by atoms with van der Waals surface area (Å²) in [5, 5.41) is 15.9. The van der Waals surface area contributed by atoms with Gasteiger partial charge < -0.3 is 15.7 Å². The van der Waals surface area contributed by atoms with Crippen LogP contribution < -0.4 is 10.6 Å². The molecule has 1 aliphatic heterocycles. The molecule has 0 aromatic heterocycles. The summed E-state index contributed by atoms with van der Waals surface area (Å²) < 4.78 is 23.1. The Bertz CT molecular complexity index is 509. The molecule has 0 atom stereocenters. The number of rotatable bonds is 4. The highest BCUT2D eigenvalue weighted by Gasteiger charge is 2.34. The van der Waals surface area contributed by atoms with E-state index in [4.69, 9.17) is 0 Å². The van der Waals surface area contributed by atoms with E-state index < -0.39 is 15.4 Å². The summed E-state index contributed by atoms with van der Waals surface area (Å²) in [6.07, 6.45) is 1.17. The Morgan fingerprint density at radius 2 is 2.06 bits per heavy atom. The van der Waals surface area contributed by atoms with Gasteiger partial charge in [0, 0.05) is 25.9 Å². The predicted octanol–water partition coefficient (Wildman–Crippen LogP) is -0.164. The number of β-amino-alcohol motifs (C(OH)–C–C–N with tert-alkyl or cyclic N) is 1. The first kappa shape index (κ1) is 12.3. The van der Waals surface area contributed by atoms with E-state index in [0.717, 1.165) is 0 Å². The van der Waals surface area contributed by atoms with Crippen molar-refractivity contribution in [1.82, 2.24) is 5.32 Å². The van der Waals surface area contributed by atoms with Crippen molar-refractivity contribution >= 4 is 15.5 Å². The second-order valence-electron chi connectivity index (χ2n) is 4.45. The molecule has 0 unspecified atom stereocenters. The van der Waals surface area contributed by atoms with Gasteiger partial charge in [-0.1, -0.05) is 12.1 Å². The van der Waals surface area contributed by atoms with E-state index in [-0.39, 0.29) is 4.90 Å². The van der Waals surface area contributed by atoms with E-state index in [0.29, 0.717) is 25.3 Å². The molecular formula is C11H16N2O3S. The smallest absolute Gasteiger partial charge is 0.177 e. The maximum atomic E-state index is 11.5. The van der Waals surface area contributed by atoms with Crippen LogP contribution >= 0.6 is 0 Å². The summed E-state index contributed by atoms with van der Waals surface area (Å²) in [5.41, 5.74) is -0.236.